The number of hydrogen-bond acceptors (Lipinski definition) is 3. The predicted molar refractivity (Wildman–Crippen MR) is 81.7 cm³/mol. The normalized spacial score (nSPS) is 13.6. The Kier molecular flexibility index (Phi) is 4.27. The Balaban J connectivity index is 0.00000144. The predicted octanol–water partition coefficient (Wildman–Crippen LogP) is -1.03. The third kappa shape index (κ3) is 2.78. The quantitative estimate of drug-likeness (QED) is 0.563. The number of halogens is 1. The van der Waals surface area contributed by atoms with E-state index in [0.29, 0.717) is 6.54 Å². The second kappa shape index (κ2) is 6.18. The van der Waals surface area contributed by atoms with Crippen molar-refractivity contribution in [2.24, 2.45) is 0 Å². The minimum Gasteiger partial charge on any atom is -1.00 e. The lowest BCUT2D eigenvalue weighted by molar-refractivity contribution is -0.689. The van der Waals surface area contributed by atoms with Crippen molar-refractivity contribution in [3.63, 3.8) is 0 Å². The van der Waals surface area contributed by atoms with Crippen LogP contribution in [0.25, 0.3) is 4.96 Å². The van der Waals surface area contributed by atoms with Crippen molar-refractivity contribution in [3.05, 3.63) is 63.3 Å². The van der Waals surface area contributed by atoms with Crippen LogP contribution in [0.5, 0.6) is 0 Å². The number of rotatable bonds is 2. The third-order valence-corrected chi connectivity index (χ3v) is 4.80. The minimum atomic E-state index is -0.00481. The highest BCUT2D eigenvalue weighted by molar-refractivity contribution is 7.15. The van der Waals surface area contributed by atoms with E-state index in [0.717, 1.165) is 17.1 Å². The summed E-state index contributed by atoms with van der Waals surface area (Å²) in [4.78, 5) is 17.3. The molecule has 1 aliphatic carbocycles. The van der Waals surface area contributed by atoms with Crippen LogP contribution in [0.1, 0.15) is 29.7 Å². The molecule has 0 radical (unpaired) electrons. The van der Waals surface area contributed by atoms with Crippen LogP contribution >= 0.6 is 11.3 Å². The molecule has 4 nitrogen and oxygen atoms in total. The van der Waals surface area contributed by atoms with Gasteiger partial charge in [-0.3, -0.25) is 9.20 Å². The van der Waals surface area contributed by atoms with Gasteiger partial charge in [-0.1, -0.05) is 0 Å². The van der Waals surface area contributed by atoms with Crippen LogP contribution in [-0.2, 0) is 19.4 Å². The van der Waals surface area contributed by atoms with Crippen LogP contribution in [0.3, 0.4) is 0 Å². The van der Waals surface area contributed by atoms with E-state index in [1.165, 1.54) is 41.7 Å². The zero-order chi connectivity index (χ0) is 14.2. The summed E-state index contributed by atoms with van der Waals surface area (Å²) in [5, 5.41) is 1.89. The van der Waals surface area contributed by atoms with Gasteiger partial charge in [0.2, 0.25) is 0 Å². The summed E-state index contributed by atoms with van der Waals surface area (Å²) in [5.41, 5.74) is 3.73. The zero-order valence-electron chi connectivity index (χ0n) is 12.0. The van der Waals surface area contributed by atoms with E-state index in [1.54, 1.807) is 16.7 Å². The van der Waals surface area contributed by atoms with Gasteiger partial charge < -0.3 is 12.4 Å². The first-order valence-corrected chi connectivity index (χ1v) is 8.14. The maximum Gasteiger partial charge on any atom is 0.258 e. The second-order valence-corrected chi connectivity index (χ2v) is 6.39. The maximum atomic E-state index is 12.0. The molecule has 0 aliphatic heterocycles. The van der Waals surface area contributed by atoms with Crippen molar-refractivity contribution < 1.29 is 17.0 Å². The van der Waals surface area contributed by atoms with Crippen LogP contribution < -0.4 is 22.5 Å². The molecule has 1 aliphatic rings. The van der Waals surface area contributed by atoms with Gasteiger partial charge in [0, 0.05) is 29.3 Å². The third-order valence-electron chi connectivity index (χ3n) is 4.04. The minimum absolute atomic E-state index is 0. The lowest BCUT2D eigenvalue weighted by Gasteiger charge is -2.13. The number of pyridine rings is 1. The van der Waals surface area contributed by atoms with E-state index in [9.17, 15) is 4.79 Å². The smallest absolute Gasteiger partial charge is 0.258 e. The van der Waals surface area contributed by atoms with Gasteiger partial charge in [-0.25, -0.2) is 4.98 Å². The molecule has 3 aromatic heterocycles. The summed E-state index contributed by atoms with van der Waals surface area (Å²) in [6.07, 6.45) is 11.0. The molecule has 0 fully saturated rings. The summed E-state index contributed by atoms with van der Waals surface area (Å²) in [7, 11) is 0. The second-order valence-electron chi connectivity index (χ2n) is 5.52. The summed E-state index contributed by atoms with van der Waals surface area (Å²) in [5.74, 6) is 0. The summed E-state index contributed by atoms with van der Waals surface area (Å²) in [6.45, 7) is 0.650. The van der Waals surface area contributed by atoms with Gasteiger partial charge >= 0.3 is 0 Å². The number of thiazole rings is 1. The molecule has 0 bridgehead atoms. The van der Waals surface area contributed by atoms with E-state index in [4.69, 9.17) is 0 Å². The SMILES string of the molecule is O=c1cc(C[n+]2ccc3c(c2)CCCC3)nc2sccn12.[Cl-]. The summed E-state index contributed by atoms with van der Waals surface area (Å²) < 4.78 is 3.72. The Bertz CT molecular complexity index is 871. The van der Waals surface area contributed by atoms with E-state index in [2.05, 4.69) is 28.0 Å². The van der Waals surface area contributed by atoms with Crippen molar-refractivity contribution in [1.82, 2.24) is 9.38 Å². The number of aryl methyl sites for hydroxylation is 2. The molecule has 3 aromatic rings. The molecule has 0 saturated heterocycles. The fourth-order valence-electron chi connectivity index (χ4n) is 2.97. The average molecular weight is 334 g/mol. The standard InChI is InChI=1S/C16H16N3OS.ClH/c20-15-9-14(17-16-19(15)7-8-21-16)11-18-6-5-12-3-1-2-4-13(12)10-18;/h5-10H,1-4,11H2;1H/q+1;/p-1. The van der Waals surface area contributed by atoms with Crippen molar-refractivity contribution in [1.29, 1.82) is 0 Å². The van der Waals surface area contributed by atoms with Gasteiger partial charge in [0.1, 0.15) is 5.69 Å². The van der Waals surface area contributed by atoms with Gasteiger partial charge in [-0.2, -0.15) is 4.57 Å². The number of hydrogen-bond donors (Lipinski definition) is 0. The van der Waals surface area contributed by atoms with E-state index >= 15 is 0 Å². The Morgan fingerprint density at radius 3 is 2.95 bits per heavy atom. The monoisotopic (exact) mass is 333 g/mol. The molecule has 0 amide bonds. The Labute approximate surface area is 138 Å². The molecule has 3 heterocycles. The molecule has 0 spiro atoms. The summed E-state index contributed by atoms with van der Waals surface area (Å²) >= 11 is 1.49. The van der Waals surface area contributed by atoms with Crippen molar-refractivity contribution in [3.8, 4) is 0 Å². The molecule has 22 heavy (non-hydrogen) atoms. The molecular formula is C16H16ClN3OS. The molecule has 0 saturated carbocycles. The van der Waals surface area contributed by atoms with Crippen LogP contribution in [-0.4, -0.2) is 9.38 Å². The average Bonchev–Trinajstić information content (AvgIpc) is 2.96. The van der Waals surface area contributed by atoms with Crippen molar-refractivity contribution in [2.45, 2.75) is 32.2 Å². The topological polar surface area (TPSA) is 38.2 Å². The van der Waals surface area contributed by atoms with E-state index in [1.807, 2.05) is 5.38 Å². The van der Waals surface area contributed by atoms with Crippen LogP contribution in [0.4, 0.5) is 0 Å². The fraction of sp³-hybridized carbons (Fsp3) is 0.312. The first kappa shape index (κ1) is 15.2. The van der Waals surface area contributed by atoms with Gasteiger partial charge in [0.05, 0.1) is 0 Å². The lowest BCUT2D eigenvalue weighted by atomic mass is 9.93. The van der Waals surface area contributed by atoms with Gasteiger partial charge in [-0.15, -0.1) is 11.3 Å². The van der Waals surface area contributed by atoms with Gasteiger partial charge in [0.15, 0.2) is 23.9 Å². The lowest BCUT2D eigenvalue weighted by Crippen LogP contribution is -3.00. The Morgan fingerprint density at radius 2 is 2.09 bits per heavy atom. The highest BCUT2D eigenvalue weighted by Gasteiger charge is 2.14. The van der Waals surface area contributed by atoms with Crippen LogP contribution in [0.2, 0.25) is 0 Å². The maximum absolute atomic E-state index is 12.0. The molecule has 0 atom stereocenters. The fourth-order valence-corrected chi connectivity index (χ4v) is 3.71. The zero-order valence-corrected chi connectivity index (χ0v) is 13.6. The van der Waals surface area contributed by atoms with Crippen molar-refractivity contribution >= 4 is 16.3 Å². The van der Waals surface area contributed by atoms with E-state index < -0.39 is 0 Å². The van der Waals surface area contributed by atoms with E-state index in [-0.39, 0.29) is 18.0 Å². The van der Waals surface area contributed by atoms with Crippen LogP contribution in [0, 0.1) is 0 Å². The number of aromatic nitrogens is 3. The van der Waals surface area contributed by atoms with Crippen LogP contribution in [0.15, 0.2) is 40.9 Å². The molecule has 114 valence electrons. The molecule has 6 heteroatoms. The number of nitrogens with zero attached hydrogens (tertiary/aromatic N) is 3. The van der Waals surface area contributed by atoms with Gasteiger partial charge in [-0.05, 0) is 31.2 Å². The molecular weight excluding hydrogens is 318 g/mol. The molecule has 0 unspecified atom stereocenters. The number of fused-ring (bicyclic) bond motifs is 2. The molecule has 0 N–H and O–H groups in total. The Morgan fingerprint density at radius 1 is 1.27 bits per heavy atom. The first-order chi connectivity index (χ1) is 10.3. The molecule has 4 rings (SSSR count). The highest BCUT2D eigenvalue weighted by atomic mass is 35.5. The van der Waals surface area contributed by atoms with Crippen molar-refractivity contribution in [2.75, 3.05) is 0 Å². The highest BCUT2D eigenvalue weighted by Crippen LogP contribution is 2.18. The first-order valence-electron chi connectivity index (χ1n) is 7.26. The Hall–Kier alpha value is -1.72. The largest absolute Gasteiger partial charge is 1.00 e. The van der Waals surface area contributed by atoms with Gasteiger partial charge in [0.25, 0.3) is 5.56 Å². The summed E-state index contributed by atoms with van der Waals surface area (Å²) in [6, 6.07) is 3.84. The molecule has 0 aromatic carbocycles.